The molecule has 0 radical (unpaired) electrons. The van der Waals surface area contributed by atoms with Crippen LogP contribution in [-0.2, 0) is 0 Å². The SMILES string of the molecule is [CaH2].c1ccc2ncccc2c1. The van der Waals surface area contributed by atoms with E-state index in [1.807, 2.05) is 30.5 Å². The second-order valence-corrected chi connectivity index (χ2v) is 2.20. The van der Waals surface area contributed by atoms with Gasteiger partial charge in [0.2, 0.25) is 0 Å². The molecular weight excluding hydrogens is 162 g/mol. The molecule has 11 heavy (non-hydrogen) atoms. The molecule has 0 unspecified atom stereocenters. The van der Waals surface area contributed by atoms with Gasteiger partial charge in [0.25, 0.3) is 0 Å². The molecule has 52 valence electrons. The molecule has 0 aliphatic heterocycles. The number of pyridine rings is 1. The smallest absolute Gasteiger partial charge is 0.0701 e. The van der Waals surface area contributed by atoms with Gasteiger partial charge in [-0.2, -0.15) is 0 Å². The molecule has 2 aromatic rings. The van der Waals surface area contributed by atoms with E-state index in [9.17, 15) is 0 Å². The average Bonchev–Trinajstić information content (AvgIpc) is 2.05. The van der Waals surface area contributed by atoms with Gasteiger partial charge in [-0.1, -0.05) is 24.3 Å². The van der Waals surface area contributed by atoms with Crippen LogP contribution in [0.5, 0.6) is 0 Å². The van der Waals surface area contributed by atoms with Crippen LogP contribution < -0.4 is 0 Å². The summed E-state index contributed by atoms with van der Waals surface area (Å²) in [6.07, 6.45) is 1.81. The van der Waals surface area contributed by atoms with Crippen molar-refractivity contribution in [3.05, 3.63) is 42.6 Å². The minimum atomic E-state index is 0. The number of hydrogen-bond acceptors (Lipinski definition) is 1. The third kappa shape index (κ3) is 1.92. The fourth-order valence-corrected chi connectivity index (χ4v) is 1.02. The summed E-state index contributed by atoms with van der Waals surface area (Å²) < 4.78 is 0. The van der Waals surface area contributed by atoms with E-state index in [1.54, 1.807) is 0 Å². The maximum atomic E-state index is 4.18. The van der Waals surface area contributed by atoms with Crippen molar-refractivity contribution < 1.29 is 0 Å². The summed E-state index contributed by atoms with van der Waals surface area (Å²) in [7, 11) is 0. The van der Waals surface area contributed by atoms with Gasteiger partial charge < -0.3 is 0 Å². The third-order valence-electron chi connectivity index (χ3n) is 1.51. The molecule has 0 amide bonds. The molecule has 2 rings (SSSR count). The van der Waals surface area contributed by atoms with Crippen LogP contribution >= 0.6 is 0 Å². The fourth-order valence-electron chi connectivity index (χ4n) is 1.02. The Labute approximate surface area is 95.4 Å². The third-order valence-corrected chi connectivity index (χ3v) is 1.51. The summed E-state index contributed by atoms with van der Waals surface area (Å²) in [5.41, 5.74) is 1.06. The molecule has 0 saturated heterocycles. The van der Waals surface area contributed by atoms with Crippen molar-refractivity contribution in [3.63, 3.8) is 0 Å². The standard InChI is InChI=1S/C9H7N.Ca.2H/c1-2-6-9-8(4-1)5-3-7-10-9;;;/h1-7H;;;. The Kier molecular flexibility index (Phi) is 3.31. The summed E-state index contributed by atoms with van der Waals surface area (Å²) in [5.74, 6) is 0. The van der Waals surface area contributed by atoms with Crippen LogP contribution in [0.3, 0.4) is 0 Å². The van der Waals surface area contributed by atoms with E-state index in [1.165, 1.54) is 5.39 Å². The Hall–Kier alpha value is -0.110. The minimum absolute atomic E-state index is 0. The second-order valence-electron chi connectivity index (χ2n) is 2.20. The Morgan fingerprint density at radius 3 is 2.45 bits per heavy atom. The van der Waals surface area contributed by atoms with Gasteiger partial charge >= 0.3 is 37.7 Å². The van der Waals surface area contributed by atoms with Crippen LogP contribution in [0.15, 0.2) is 42.6 Å². The molecular formula is C9H9CaN. The molecule has 1 heterocycles. The first kappa shape index (κ1) is 8.98. The number of fused-ring (bicyclic) bond motifs is 1. The summed E-state index contributed by atoms with van der Waals surface area (Å²) >= 11 is 0. The number of benzene rings is 1. The number of rotatable bonds is 0. The molecule has 1 aromatic heterocycles. The first-order valence-corrected chi connectivity index (χ1v) is 3.26. The molecule has 1 nitrogen and oxygen atoms in total. The summed E-state index contributed by atoms with van der Waals surface area (Å²) in [4.78, 5) is 4.18. The quantitative estimate of drug-likeness (QED) is 0.545. The predicted molar refractivity (Wildman–Crippen MR) is 50.3 cm³/mol. The zero-order chi connectivity index (χ0) is 6.81. The monoisotopic (exact) mass is 171 g/mol. The van der Waals surface area contributed by atoms with Gasteiger partial charge in [0.15, 0.2) is 0 Å². The number of nitrogens with zero attached hydrogens (tertiary/aromatic N) is 1. The summed E-state index contributed by atoms with van der Waals surface area (Å²) in [5, 5.41) is 1.20. The van der Waals surface area contributed by atoms with E-state index in [0.29, 0.717) is 0 Å². The van der Waals surface area contributed by atoms with Crippen LogP contribution in [-0.4, -0.2) is 42.7 Å². The first-order valence-electron chi connectivity index (χ1n) is 3.26. The molecule has 0 bridgehead atoms. The first-order chi connectivity index (χ1) is 4.97. The van der Waals surface area contributed by atoms with Gasteiger partial charge in [-0.3, -0.25) is 4.98 Å². The second kappa shape index (κ2) is 4.05. The van der Waals surface area contributed by atoms with Gasteiger partial charge in [0.05, 0.1) is 5.52 Å². The van der Waals surface area contributed by atoms with Crippen LogP contribution in [0.4, 0.5) is 0 Å². The fraction of sp³-hybridized carbons (Fsp3) is 0. The van der Waals surface area contributed by atoms with Gasteiger partial charge in [0.1, 0.15) is 0 Å². The molecule has 0 N–H and O–H groups in total. The molecule has 0 aliphatic rings. The van der Waals surface area contributed by atoms with Crippen molar-refractivity contribution in [2.24, 2.45) is 0 Å². The maximum Gasteiger partial charge on any atom is 0.0701 e. The Balaban J connectivity index is 0.000000605. The topological polar surface area (TPSA) is 12.9 Å². The maximum absolute atomic E-state index is 4.18. The van der Waals surface area contributed by atoms with Crippen molar-refractivity contribution in [1.82, 2.24) is 4.98 Å². The molecule has 0 fully saturated rings. The van der Waals surface area contributed by atoms with Gasteiger partial charge in [-0.25, -0.2) is 0 Å². The average molecular weight is 171 g/mol. The molecule has 0 saturated carbocycles. The molecule has 0 aliphatic carbocycles. The summed E-state index contributed by atoms with van der Waals surface area (Å²) in [6, 6.07) is 12.1. The van der Waals surface area contributed by atoms with Gasteiger partial charge in [-0.15, -0.1) is 0 Å². The van der Waals surface area contributed by atoms with Crippen molar-refractivity contribution in [2.75, 3.05) is 0 Å². The Bertz CT molecular complexity index is 281. The van der Waals surface area contributed by atoms with Crippen LogP contribution in [0.1, 0.15) is 0 Å². The van der Waals surface area contributed by atoms with E-state index in [2.05, 4.69) is 17.1 Å². The Morgan fingerprint density at radius 2 is 1.64 bits per heavy atom. The zero-order valence-electron chi connectivity index (χ0n) is 5.49. The predicted octanol–water partition coefficient (Wildman–Crippen LogP) is 1.32. The number of aromatic nitrogens is 1. The normalized spacial score (nSPS) is 9.09. The van der Waals surface area contributed by atoms with Crippen molar-refractivity contribution in [2.45, 2.75) is 0 Å². The van der Waals surface area contributed by atoms with Crippen molar-refractivity contribution >= 4 is 48.6 Å². The van der Waals surface area contributed by atoms with E-state index in [-0.39, 0.29) is 37.7 Å². The molecule has 0 atom stereocenters. The number of hydrogen-bond donors (Lipinski definition) is 0. The van der Waals surface area contributed by atoms with E-state index in [4.69, 9.17) is 0 Å². The van der Waals surface area contributed by atoms with E-state index in [0.717, 1.165) is 5.52 Å². The minimum Gasteiger partial charge on any atom is -0.256 e. The van der Waals surface area contributed by atoms with E-state index < -0.39 is 0 Å². The molecule has 1 aromatic carbocycles. The molecule has 2 heteroatoms. The van der Waals surface area contributed by atoms with Gasteiger partial charge in [0, 0.05) is 11.6 Å². The summed E-state index contributed by atoms with van der Waals surface area (Å²) in [6.45, 7) is 0. The van der Waals surface area contributed by atoms with Crippen LogP contribution in [0.25, 0.3) is 10.9 Å². The zero-order valence-corrected chi connectivity index (χ0v) is 5.49. The Morgan fingerprint density at radius 1 is 0.909 bits per heavy atom. The number of para-hydroxylation sites is 1. The van der Waals surface area contributed by atoms with Crippen molar-refractivity contribution in [3.8, 4) is 0 Å². The van der Waals surface area contributed by atoms with Crippen LogP contribution in [0.2, 0.25) is 0 Å². The molecule has 0 spiro atoms. The largest absolute Gasteiger partial charge is 0.256 e. The van der Waals surface area contributed by atoms with Crippen molar-refractivity contribution in [1.29, 1.82) is 0 Å². The van der Waals surface area contributed by atoms with Crippen LogP contribution in [0, 0.1) is 0 Å². The van der Waals surface area contributed by atoms with Gasteiger partial charge in [-0.05, 0) is 12.1 Å². The van der Waals surface area contributed by atoms with E-state index >= 15 is 0 Å².